The lowest BCUT2D eigenvalue weighted by molar-refractivity contribution is 0.742. The average Bonchev–Trinajstić information content (AvgIpc) is 1.97. The summed E-state index contributed by atoms with van der Waals surface area (Å²) in [5.74, 6) is 0.372. The zero-order valence-corrected chi connectivity index (χ0v) is 7.12. The quantitative estimate of drug-likeness (QED) is 0.434. The van der Waals surface area contributed by atoms with Gasteiger partial charge >= 0.3 is 0 Å². The Bertz CT molecular complexity index is 188. The van der Waals surface area contributed by atoms with Crippen LogP contribution in [0.1, 0.15) is 13.8 Å². The second-order valence-corrected chi connectivity index (χ2v) is 2.38. The van der Waals surface area contributed by atoms with Gasteiger partial charge in [-0.25, -0.2) is 0 Å². The van der Waals surface area contributed by atoms with Crippen molar-refractivity contribution >= 4 is 0 Å². The second kappa shape index (κ2) is 5.59. The van der Waals surface area contributed by atoms with Crippen molar-refractivity contribution in [1.82, 2.24) is 0 Å². The van der Waals surface area contributed by atoms with E-state index in [2.05, 4.69) is 37.2 Å². The van der Waals surface area contributed by atoms with Gasteiger partial charge < -0.3 is 0 Å². The second-order valence-electron chi connectivity index (χ2n) is 2.38. The molecule has 0 radical (unpaired) electrons. The first kappa shape index (κ1) is 9.82. The summed E-state index contributed by atoms with van der Waals surface area (Å²) in [6.45, 7) is 11.1. The molecule has 0 aromatic heterocycles. The highest BCUT2D eigenvalue weighted by molar-refractivity contribution is 5.10. The Morgan fingerprint density at radius 1 is 1.36 bits per heavy atom. The van der Waals surface area contributed by atoms with Crippen molar-refractivity contribution in [2.45, 2.75) is 13.8 Å². The first-order chi connectivity index (χ1) is 5.22. The summed E-state index contributed by atoms with van der Waals surface area (Å²) in [6, 6.07) is 0. The lowest BCUT2D eigenvalue weighted by Crippen LogP contribution is -1.88. The predicted octanol–water partition coefficient (Wildman–Crippen LogP) is 3.31. The van der Waals surface area contributed by atoms with E-state index in [0.717, 1.165) is 5.70 Å². The number of allylic oxidation sites excluding steroid dienone is 3. The fourth-order valence-corrected chi connectivity index (χ4v) is 0.569. The van der Waals surface area contributed by atoms with Crippen LogP contribution >= 0.6 is 0 Å². The molecule has 0 rings (SSSR count). The third-order valence-electron chi connectivity index (χ3n) is 1.13. The molecular formula is C9H14N2. The third-order valence-corrected chi connectivity index (χ3v) is 1.13. The summed E-state index contributed by atoms with van der Waals surface area (Å²) in [6.07, 6.45) is 4.97. The molecule has 2 heteroatoms. The van der Waals surface area contributed by atoms with Crippen LogP contribution < -0.4 is 0 Å². The molecule has 0 unspecified atom stereocenters. The van der Waals surface area contributed by atoms with Gasteiger partial charge in [0.25, 0.3) is 0 Å². The fourth-order valence-electron chi connectivity index (χ4n) is 0.569. The van der Waals surface area contributed by atoms with E-state index in [4.69, 9.17) is 0 Å². The number of rotatable bonds is 4. The summed E-state index contributed by atoms with van der Waals surface area (Å²) < 4.78 is 0. The molecule has 11 heavy (non-hydrogen) atoms. The maximum atomic E-state index is 3.93. The van der Waals surface area contributed by atoms with E-state index in [9.17, 15) is 0 Å². The number of nitrogens with zero attached hydrogens (tertiary/aromatic N) is 2. The van der Waals surface area contributed by atoms with E-state index in [1.165, 1.54) is 6.20 Å². The minimum absolute atomic E-state index is 0.372. The van der Waals surface area contributed by atoms with Crippen molar-refractivity contribution in [3.63, 3.8) is 0 Å². The van der Waals surface area contributed by atoms with Gasteiger partial charge in [-0.1, -0.05) is 33.1 Å². The molecule has 60 valence electrons. The van der Waals surface area contributed by atoms with Crippen molar-refractivity contribution in [2.24, 2.45) is 16.1 Å². The predicted molar refractivity (Wildman–Crippen MR) is 48.2 cm³/mol. The van der Waals surface area contributed by atoms with Gasteiger partial charge in [-0.15, -0.1) is 0 Å². The van der Waals surface area contributed by atoms with Crippen molar-refractivity contribution in [3.05, 3.63) is 37.2 Å². The maximum Gasteiger partial charge on any atom is 0.0655 e. The first-order valence-corrected chi connectivity index (χ1v) is 3.56. The molecule has 0 fully saturated rings. The van der Waals surface area contributed by atoms with Gasteiger partial charge in [0.2, 0.25) is 0 Å². The minimum Gasteiger partial charge on any atom is -0.160 e. The van der Waals surface area contributed by atoms with E-state index in [-0.39, 0.29) is 0 Å². The van der Waals surface area contributed by atoms with Gasteiger partial charge in [0.1, 0.15) is 0 Å². The van der Waals surface area contributed by atoms with Gasteiger partial charge in [-0.2, -0.15) is 10.2 Å². The van der Waals surface area contributed by atoms with Crippen LogP contribution in [-0.2, 0) is 0 Å². The van der Waals surface area contributed by atoms with E-state index in [1.807, 2.05) is 6.08 Å². The summed E-state index contributed by atoms with van der Waals surface area (Å²) in [4.78, 5) is 0. The molecule has 0 spiro atoms. The van der Waals surface area contributed by atoms with Crippen LogP contribution in [0.25, 0.3) is 0 Å². The molecule has 0 amide bonds. The Labute approximate surface area is 68.0 Å². The minimum atomic E-state index is 0.372. The average molecular weight is 150 g/mol. The Kier molecular flexibility index (Phi) is 4.99. The molecular weight excluding hydrogens is 136 g/mol. The molecule has 0 saturated carbocycles. The Balaban J connectivity index is 4.34. The molecule has 0 saturated heterocycles. The highest BCUT2D eigenvalue weighted by atomic mass is 15.1. The molecule has 0 bridgehead atoms. The van der Waals surface area contributed by atoms with Crippen molar-refractivity contribution in [3.8, 4) is 0 Å². The van der Waals surface area contributed by atoms with Crippen molar-refractivity contribution in [2.75, 3.05) is 0 Å². The lowest BCUT2D eigenvalue weighted by Gasteiger charge is -2.01. The Morgan fingerprint density at radius 3 is 2.36 bits per heavy atom. The van der Waals surface area contributed by atoms with E-state index in [1.54, 1.807) is 6.08 Å². The monoisotopic (exact) mass is 150 g/mol. The van der Waals surface area contributed by atoms with Crippen LogP contribution in [0.5, 0.6) is 0 Å². The molecule has 0 aromatic carbocycles. The van der Waals surface area contributed by atoms with Gasteiger partial charge in [0.15, 0.2) is 0 Å². The van der Waals surface area contributed by atoms with E-state index >= 15 is 0 Å². The zero-order chi connectivity index (χ0) is 8.69. The summed E-state index contributed by atoms with van der Waals surface area (Å²) in [5, 5.41) is 7.61. The van der Waals surface area contributed by atoms with E-state index in [0.29, 0.717) is 5.92 Å². The summed E-state index contributed by atoms with van der Waals surface area (Å²) in [5.41, 5.74) is 0.917. The normalized spacial score (nSPS) is 12.5. The molecule has 0 heterocycles. The summed E-state index contributed by atoms with van der Waals surface area (Å²) >= 11 is 0. The first-order valence-electron chi connectivity index (χ1n) is 3.56. The van der Waals surface area contributed by atoms with Crippen LogP contribution in [-0.4, -0.2) is 0 Å². The Morgan fingerprint density at radius 2 is 2.00 bits per heavy atom. The standard InChI is InChI=1S/C9H14N2/c1-5-7-9(8(3)4)11-10-6-2/h5-8H,1-2H2,3-4H3/b9-7-,11-10?. The number of hydrogen-bond donors (Lipinski definition) is 0. The zero-order valence-electron chi connectivity index (χ0n) is 7.12. The molecule has 0 aliphatic carbocycles. The maximum absolute atomic E-state index is 3.93. The molecule has 0 atom stereocenters. The number of azo groups is 1. The fraction of sp³-hybridized carbons (Fsp3) is 0.333. The Hall–Kier alpha value is -1.18. The molecule has 2 nitrogen and oxygen atoms in total. The summed E-state index contributed by atoms with van der Waals surface area (Å²) in [7, 11) is 0. The van der Waals surface area contributed by atoms with Gasteiger partial charge in [0.05, 0.1) is 5.70 Å². The largest absolute Gasteiger partial charge is 0.160 e. The van der Waals surface area contributed by atoms with Gasteiger partial charge in [0, 0.05) is 6.20 Å². The van der Waals surface area contributed by atoms with E-state index < -0.39 is 0 Å². The van der Waals surface area contributed by atoms with Crippen LogP contribution in [0.4, 0.5) is 0 Å². The van der Waals surface area contributed by atoms with Crippen molar-refractivity contribution in [1.29, 1.82) is 0 Å². The molecule has 0 aliphatic heterocycles. The molecule has 0 N–H and O–H groups in total. The van der Waals surface area contributed by atoms with Crippen molar-refractivity contribution < 1.29 is 0 Å². The molecule has 0 aliphatic rings. The van der Waals surface area contributed by atoms with Gasteiger partial charge in [-0.3, -0.25) is 0 Å². The highest BCUT2D eigenvalue weighted by Gasteiger charge is 1.98. The highest BCUT2D eigenvalue weighted by Crippen LogP contribution is 2.11. The van der Waals surface area contributed by atoms with Crippen LogP contribution in [0, 0.1) is 5.92 Å². The SMILES string of the molecule is C=C/C=C(\N=NC=C)C(C)C. The number of hydrogen-bond acceptors (Lipinski definition) is 2. The van der Waals surface area contributed by atoms with Crippen LogP contribution in [0.3, 0.4) is 0 Å². The van der Waals surface area contributed by atoms with Gasteiger partial charge in [-0.05, 0) is 12.0 Å². The topological polar surface area (TPSA) is 24.7 Å². The third kappa shape index (κ3) is 4.25. The van der Waals surface area contributed by atoms with Crippen LogP contribution in [0.15, 0.2) is 47.4 Å². The molecule has 0 aromatic rings. The van der Waals surface area contributed by atoms with Crippen LogP contribution in [0.2, 0.25) is 0 Å². The lowest BCUT2D eigenvalue weighted by atomic mass is 10.1. The smallest absolute Gasteiger partial charge is 0.0655 e.